The van der Waals surface area contributed by atoms with Crippen LogP contribution in [0.3, 0.4) is 0 Å². The maximum Gasteiger partial charge on any atom is 0.327 e. The van der Waals surface area contributed by atoms with E-state index in [9.17, 15) is 19.5 Å². The summed E-state index contributed by atoms with van der Waals surface area (Å²) in [4.78, 5) is 33.7. The second-order valence-electron chi connectivity index (χ2n) is 6.49. The van der Waals surface area contributed by atoms with Crippen molar-refractivity contribution in [2.45, 2.75) is 37.6 Å². The van der Waals surface area contributed by atoms with Gasteiger partial charge in [-0.1, -0.05) is 12.1 Å². The minimum absolute atomic E-state index is 0.208. The molecule has 1 amide bonds. The number of ether oxygens (including phenoxy) is 2. The van der Waals surface area contributed by atoms with Crippen LogP contribution in [0.4, 0.5) is 0 Å². The lowest BCUT2D eigenvalue weighted by Crippen LogP contribution is -2.47. The Labute approximate surface area is 162 Å². The van der Waals surface area contributed by atoms with Gasteiger partial charge in [0.2, 0.25) is 0 Å². The molecule has 6 N–H and O–H groups in total. The molecule has 4 atom stereocenters. The molecule has 1 aliphatic heterocycles. The Morgan fingerprint density at radius 2 is 2.00 bits per heavy atom. The number of amides is 1. The fraction of sp³-hybridized carbons (Fsp3) is 0.500. The van der Waals surface area contributed by atoms with Crippen molar-refractivity contribution >= 4 is 17.8 Å². The molecule has 0 radical (unpaired) electrons. The van der Waals surface area contributed by atoms with Gasteiger partial charge in [0.25, 0.3) is 5.91 Å². The summed E-state index contributed by atoms with van der Waals surface area (Å²) >= 11 is 0. The first-order chi connectivity index (χ1) is 13.3. The van der Waals surface area contributed by atoms with Gasteiger partial charge in [-0.3, -0.25) is 9.59 Å². The number of esters is 1. The van der Waals surface area contributed by atoms with Crippen LogP contribution in [0, 0.1) is 0 Å². The molecular weight excluding hydrogens is 370 g/mol. The van der Waals surface area contributed by atoms with E-state index in [2.05, 4.69) is 10.6 Å². The molecule has 1 fully saturated rings. The summed E-state index contributed by atoms with van der Waals surface area (Å²) in [6.45, 7) is 1.09. The van der Waals surface area contributed by atoms with Crippen LogP contribution in [0.5, 0.6) is 5.75 Å². The van der Waals surface area contributed by atoms with Crippen molar-refractivity contribution in [2.75, 3.05) is 19.7 Å². The van der Waals surface area contributed by atoms with Gasteiger partial charge >= 0.3 is 11.9 Å². The van der Waals surface area contributed by atoms with E-state index in [1.165, 1.54) is 6.92 Å². The van der Waals surface area contributed by atoms with Gasteiger partial charge in [0, 0.05) is 20.0 Å². The average molecular weight is 395 g/mol. The van der Waals surface area contributed by atoms with Crippen LogP contribution in [0.1, 0.15) is 12.5 Å². The molecule has 1 aliphatic rings. The van der Waals surface area contributed by atoms with Gasteiger partial charge in [0.1, 0.15) is 24.0 Å². The minimum Gasteiger partial charge on any atom is -0.484 e. The predicted octanol–water partition coefficient (Wildman–Crippen LogP) is -1.60. The molecule has 0 spiro atoms. The van der Waals surface area contributed by atoms with Gasteiger partial charge in [-0.15, -0.1) is 0 Å². The summed E-state index contributed by atoms with van der Waals surface area (Å²) in [5.74, 6) is -1.80. The Bertz CT molecular complexity index is 695. The summed E-state index contributed by atoms with van der Waals surface area (Å²) in [5.41, 5.74) is 6.20. The average Bonchev–Trinajstić information content (AvgIpc) is 2.98. The van der Waals surface area contributed by atoms with Gasteiger partial charge in [-0.2, -0.15) is 0 Å². The molecule has 0 aliphatic carbocycles. The van der Waals surface area contributed by atoms with E-state index >= 15 is 0 Å². The van der Waals surface area contributed by atoms with Crippen LogP contribution in [0.25, 0.3) is 0 Å². The number of β-amino-alcohol motifs (C(OH)–C–C–N with tert-alkyl or cyclic N) is 1. The summed E-state index contributed by atoms with van der Waals surface area (Å²) < 4.78 is 10.5. The molecule has 10 nitrogen and oxygen atoms in total. The molecule has 1 aromatic carbocycles. The minimum atomic E-state index is -1.21. The van der Waals surface area contributed by atoms with Crippen molar-refractivity contribution < 1.29 is 34.1 Å². The van der Waals surface area contributed by atoms with E-state index in [1.54, 1.807) is 24.3 Å². The number of rotatable bonds is 9. The number of benzene rings is 1. The number of nitrogens with two attached hydrogens (primary N) is 1. The Morgan fingerprint density at radius 3 is 2.57 bits per heavy atom. The van der Waals surface area contributed by atoms with Crippen LogP contribution in [-0.4, -0.2) is 72.0 Å². The lowest BCUT2D eigenvalue weighted by molar-refractivity contribution is -0.151. The number of aliphatic hydroxyl groups excluding tert-OH is 1. The Kier molecular flexibility index (Phi) is 7.73. The highest BCUT2D eigenvalue weighted by atomic mass is 16.6. The fourth-order valence-electron chi connectivity index (χ4n) is 2.90. The third kappa shape index (κ3) is 6.19. The number of hydrogen-bond acceptors (Lipinski definition) is 8. The Balaban J connectivity index is 1.85. The zero-order valence-corrected chi connectivity index (χ0v) is 15.5. The molecule has 0 aromatic heterocycles. The second kappa shape index (κ2) is 10.0. The van der Waals surface area contributed by atoms with Gasteiger partial charge in [-0.05, 0) is 24.1 Å². The van der Waals surface area contributed by atoms with E-state index in [1.807, 2.05) is 0 Å². The van der Waals surface area contributed by atoms with Gasteiger partial charge in [0.15, 0.2) is 6.61 Å². The fourth-order valence-corrected chi connectivity index (χ4v) is 2.90. The zero-order chi connectivity index (χ0) is 20.7. The Hall–Kier alpha value is -2.69. The van der Waals surface area contributed by atoms with Crippen molar-refractivity contribution in [1.82, 2.24) is 10.6 Å². The topological polar surface area (TPSA) is 160 Å². The monoisotopic (exact) mass is 395 g/mol. The third-order valence-electron chi connectivity index (χ3n) is 4.28. The Morgan fingerprint density at radius 1 is 1.32 bits per heavy atom. The summed E-state index contributed by atoms with van der Waals surface area (Å²) in [5, 5.41) is 24.2. The maximum absolute atomic E-state index is 11.7. The second-order valence-corrected chi connectivity index (χ2v) is 6.49. The van der Waals surface area contributed by atoms with Crippen LogP contribution in [0.15, 0.2) is 24.3 Å². The molecule has 0 bridgehead atoms. The van der Waals surface area contributed by atoms with Crippen LogP contribution >= 0.6 is 0 Å². The van der Waals surface area contributed by atoms with E-state index < -0.39 is 36.1 Å². The van der Waals surface area contributed by atoms with Crippen molar-refractivity contribution in [3.63, 3.8) is 0 Å². The van der Waals surface area contributed by atoms with E-state index in [-0.39, 0.29) is 19.2 Å². The first kappa shape index (κ1) is 21.6. The quantitative estimate of drug-likeness (QED) is 0.310. The van der Waals surface area contributed by atoms with Crippen molar-refractivity contribution in [3.05, 3.63) is 29.8 Å². The number of carboxylic acid groups (broad SMARTS) is 1. The number of aliphatic carboxylic acids is 1. The van der Waals surface area contributed by atoms with Gasteiger partial charge in [0.05, 0.1) is 6.04 Å². The largest absolute Gasteiger partial charge is 0.484 e. The number of carbonyl (C=O) groups is 3. The van der Waals surface area contributed by atoms with E-state index in [0.29, 0.717) is 18.7 Å². The molecule has 0 saturated carbocycles. The smallest absolute Gasteiger partial charge is 0.327 e. The summed E-state index contributed by atoms with van der Waals surface area (Å²) in [6, 6.07) is 5.58. The highest BCUT2D eigenvalue weighted by Gasteiger charge is 2.37. The van der Waals surface area contributed by atoms with E-state index in [4.69, 9.17) is 20.3 Å². The van der Waals surface area contributed by atoms with Gasteiger partial charge in [-0.25, -0.2) is 4.79 Å². The third-order valence-corrected chi connectivity index (χ3v) is 4.28. The normalized spacial score (nSPS) is 22.3. The molecule has 28 heavy (non-hydrogen) atoms. The number of hydrogen-bond donors (Lipinski definition) is 5. The summed E-state index contributed by atoms with van der Waals surface area (Å²) in [6.07, 6.45) is -0.827. The summed E-state index contributed by atoms with van der Waals surface area (Å²) in [7, 11) is 0. The molecular formula is C18H25N3O7. The first-order valence-electron chi connectivity index (χ1n) is 8.82. The lowest BCUT2D eigenvalue weighted by Gasteiger charge is -2.21. The van der Waals surface area contributed by atoms with Crippen LogP contribution < -0.4 is 21.1 Å². The molecule has 1 aromatic rings. The predicted molar refractivity (Wildman–Crippen MR) is 97.6 cm³/mol. The van der Waals surface area contributed by atoms with Crippen molar-refractivity contribution in [1.29, 1.82) is 0 Å². The molecule has 0 unspecified atom stereocenters. The first-order valence-corrected chi connectivity index (χ1v) is 8.82. The standard InChI is InChI=1S/C18H25N3O7/c1-10(22)28-17-13(20-8-15(17)23)6-11-2-4-12(5-3-11)27-9-16(24)21-14(7-19)18(25)26/h2-5,13-15,17,20,23H,6-9,19H2,1H3,(H,21,24)(H,25,26)/t13-,14+,15+,17+/m1/s1. The number of carbonyl (C=O) groups excluding carboxylic acids is 2. The van der Waals surface area contributed by atoms with Crippen LogP contribution in [0.2, 0.25) is 0 Å². The van der Waals surface area contributed by atoms with E-state index in [0.717, 1.165) is 5.56 Å². The zero-order valence-electron chi connectivity index (χ0n) is 15.5. The highest BCUT2D eigenvalue weighted by molar-refractivity contribution is 5.84. The van der Waals surface area contributed by atoms with Gasteiger partial charge < -0.3 is 36.1 Å². The molecule has 1 saturated heterocycles. The van der Waals surface area contributed by atoms with Crippen LogP contribution in [-0.2, 0) is 25.5 Å². The SMILES string of the molecule is CC(=O)O[C@@H]1[C@@H](O)CN[C@@H]1Cc1ccc(OCC(=O)N[C@@H](CN)C(=O)O)cc1. The number of aliphatic hydroxyl groups is 1. The number of carboxylic acids is 1. The highest BCUT2D eigenvalue weighted by Crippen LogP contribution is 2.19. The van der Waals surface area contributed by atoms with Crippen molar-refractivity contribution in [3.8, 4) is 5.75 Å². The number of nitrogens with one attached hydrogen (secondary N) is 2. The lowest BCUT2D eigenvalue weighted by atomic mass is 10.0. The van der Waals surface area contributed by atoms with Crippen molar-refractivity contribution in [2.24, 2.45) is 5.73 Å². The maximum atomic E-state index is 11.7. The molecule has 10 heteroatoms. The molecule has 2 rings (SSSR count). The molecule has 1 heterocycles. The molecule has 154 valence electrons.